The minimum absolute atomic E-state index is 0. The SMILES string of the molecule is CC(C)CN(C[C@@H](O)[C@@H](C)Cc1ccccc1)S(=O)(=O)c1ccc(N)cc1.CC(C)CN(C[C@@H](O)[C@@H](N)Cc1ccccc1)S(=O)(=O)c1ccc(N)cc1.[H+]. The van der Waals surface area contributed by atoms with Gasteiger partial charge in [-0.1, -0.05) is 95.3 Å². The number of hydrogen-bond acceptors (Lipinski definition) is 9. The minimum Gasteiger partial charge on any atom is -0.399 e. The second-order valence-electron chi connectivity index (χ2n) is 14.7. The summed E-state index contributed by atoms with van der Waals surface area (Å²) in [5.74, 6) is 0.181. The first-order chi connectivity index (χ1) is 25.4. The zero-order valence-electron chi connectivity index (χ0n) is 33.1. The maximum Gasteiger partial charge on any atom is 1.00 e. The van der Waals surface area contributed by atoms with Crippen molar-refractivity contribution in [1.82, 2.24) is 8.61 Å². The van der Waals surface area contributed by atoms with E-state index in [2.05, 4.69) is 0 Å². The Morgan fingerprint density at radius 2 is 0.889 bits per heavy atom. The molecular weight excluding hydrogens is 723 g/mol. The van der Waals surface area contributed by atoms with Gasteiger partial charge in [-0.25, -0.2) is 16.8 Å². The lowest BCUT2D eigenvalue weighted by Gasteiger charge is -2.29. The monoisotopic (exact) mass is 782 g/mol. The maximum atomic E-state index is 13.1. The molecule has 0 aliphatic rings. The van der Waals surface area contributed by atoms with Crippen molar-refractivity contribution in [2.75, 3.05) is 37.6 Å². The summed E-state index contributed by atoms with van der Waals surface area (Å²) in [5.41, 5.74) is 20.6. The summed E-state index contributed by atoms with van der Waals surface area (Å²) >= 11 is 0. The van der Waals surface area contributed by atoms with Crippen LogP contribution in [0.2, 0.25) is 0 Å². The lowest BCUT2D eigenvalue weighted by molar-refractivity contribution is 0.0919. The highest BCUT2D eigenvalue weighted by Gasteiger charge is 2.30. The largest absolute Gasteiger partial charge is 1.00 e. The first-order valence-corrected chi connectivity index (χ1v) is 21.2. The molecular formula is C41H60N5O6S2+. The molecule has 0 bridgehead atoms. The number of hydrogen-bond donors (Lipinski definition) is 5. The minimum atomic E-state index is -3.75. The van der Waals surface area contributed by atoms with Crippen LogP contribution in [-0.4, -0.2) is 80.1 Å². The van der Waals surface area contributed by atoms with Crippen LogP contribution in [0.3, 0.4) is 0 Å². The molecule has 4 rings (SSSR count). The molecule has 0 unspecified atom stereocenters. The highest BCUT2D eigenvalue weighted by atomic mass is 32.2. The number of sulfonamides is 2. The van der Waals surface area contributed by atoms with Crippen LogP contribution in [0.4, 0.5) is 11.4 Å². The number of aliphatic hydroxyl groups is 2. The van der Waals surface area contributed by atoms with Crippen molar-refractivity contribution in [3.63, 3.8) is 0 Å². The average Bonchev–Trinajstić information content (AvgIpc) is 3.12. The number of rotatable bonds is 18. The maximum absolute atomic E-state index is 13.1. The summed E-state index contributed by atoms with van der Waals surface area (Å²) < 4.78 is 54.9. The standard InChI is InChI=1S/C21H30N2O3S.C20H29N3O3S/c1-16(2)14-23(27(25,26)20-11-9-19(22)10-12-20)15-21(24)17(3)13-18-7-5-4-6-8-18;1-15(2)13-23(27(25,26)18-10-8-17(21)9-11-18)14-20(24)19(22)12-16-6-4-3-5-7-16/h4-12,16-17,21,24H,13-15,22H2,1-3H3;3-11,15,19-20,24H,12-14,21-22H2,1-2H3/p+1/t17-,21+;19-,20+/m00/s1. The summed E-state index contributed by atoms with van der Waals surface area (Å²) in [6.45, 7) is 10.4. The van der Waals surface area contributed by atoms with Gasteiger partial charge in [0.05, 0.1) is 22.0 Å². The fourth-order valence-electron chi connectivity index (χ4n) is 5.81. The van der Waals surface area contributed by atoms with Gasteiger partial charge in [0.15, 0.2) is 0 Å². The molecule has 0 amide bonds. The zero-order chi connectivity index (χ0) is 40.1. The van der Waals surface area contributed by atoms with E-state index in [1.54, 1.807) is 24.3 Å². The molecule has 4 atom stereocenters. The van der Waals surface area contributed by atoms with E-state index in [9.17, 15) is 27.0 Å². The number of aliphatic hydroxyl groups excluding tert-OH is 2. The van der Waals surface area contributed by atoms with Crippen LogP contribution in [0.25, 0.3) is 0 Å². The summed E-state index contributed by atoms with van der Waals surface area (Å²) in [6.07, 6.45) is -0.571. The van der Waals surface area contributed by atoms with Crippen molar-refractivity contribution >= 4 is 31.4 Å². The third kappa shape index (κ3) is 13.8. The Morgan fingerprint density at radius 3 is 1.26 bits per heavy atom. The molecule has 296 valence electrons. The number of benzene rings is 4. The molecule has 0 saturated carbocycles. The molecule has 13 heteroatoms. The van der Waals surface area contributed by atoms with Gasteiger partial charge in [-0.2, -0.15) is 8.61 Å². The van der Waals surface area contributed by atoms with Crippen molar-refractivity contribution in [2.45, 2.75) is 75.5 Å². The van der Waals surface area contributed by atoms with Crippen LogP contribution < -0.4 is 17.2 Å². The molecule has 8 N–H and O–H groups in total. The first-order valence-electron chi connectivity index (χ1n) is 18.3. The van der Waals surface area contributed by atoms with Gasteiger partial charge < -0.3 is 27.4 Å². The lowest BCUT2D eigenvalue weighted by Crippen LogP contribution is -2.47. The third-order valence-electron chi connectivity index (χ3n) is 8.82. The number of nitrogen functional groups attached to an aromatic ring is 2. The van der Waals surface area contributed by atoms with E-state index in [0.717, 1.165) is 11.1 Å². The van der Waals surface area contributed by atoms with E-state index in [0.29, 0.717) is 37.3 Å². The van der Waals surface area contributed by atoms with Crippen LogP contribution >= 0.6 is 0 Å². The van der Waals surface area contributed by atoms with Crippen molar-refractivity contribution in [1.29, 1.82) is 0 Å². The molecule has 0 radical (unpaired) electrons. The van der Waals surface area contributed by atoms with Gasteiger partial charge in [0.2, 0.25) is 20.0 Å². The number of anilines is 2. The number of nitrogens with zero attached hydrogens (tertiary/aromatic N) is 2. The molecule has 4 aromatic carbocycles. The van der Waals surface area contributed by atoms with E-state index < -0.39 is 38.3 Å². The van der Waals surface area contributed by atoms with E-state index in [1.807, 2.05) is 95.3 Å². The Morgan fingerprint density at radius 1 is 0.537 bits per heavy atom. The molecule has 54 heavy (non-hydrogen) atoms. The smallest absolute Gasteiger partial charge is 0.399 e. The second-order valence-corrected chi connectivity index (χ2v) is 18.6. The third-order valence-corrected chi connectivity index (χ3v) is 12.5. The molecule has 0 heterocycles. The summed E-state index contributed by atoms with van der Waals surface area (Å²) in [5, 5.41) is 21.3. The van der Waals surface area contributed by atoms with Gasteiger partial charge in [0.25, 0.3) is 0 Å². The van der Waals surface area contributed by atoms with Crippen LogP contribution in [0.1, 0.15) is 47.2 Å². The van der Waals surface area contributed by atoms with E-state index in [1.165, 1.54) is 32.9 Å². The molecule has 0 aliphatic heterocycles. The van der Waals surface area contributed by atoms with E-state index >= 15 is 0 Å². The molecule has 11 nitrogen and oxygen atoms in total. The number of nitrogens with two attached hydrogens (primary N) is 3. The normalized spacial score (nSPS) is 14.4. The first kappa shape index (κ1) is 44.6. The van der Waals surface area contributed by atoms with Gasteiger partial charge in [-0.15, -0.1) is 0 Å². The van der Waals surface area contributed by atoms with Crippen LogP contribution in [0, 0.1) is 17.8 Å². The van der Waals surface area contributed by atoms with Gasteiger partial charge in [0.1, 0.15) is 0 Å². The Bertz CT molecular complexity index is 1760. The van der Waals surface area contributed by atoms with E-state index in [4.69, 9.17) is 17.2 Å². The molecule has 4 aromatic rings. The topological polar surface area (TPSA) is 193 Å². The van der Waals surface area contributed by atoms with Crippen molar-refractivity contribution in [2.24, 2.45) is 23.5 Å². The zero-order valence-corrected chi connectivity index (χ0v) is 33.7. The highest BCUT2D eigenvalue weighted by molar-refractivity contribution is 7.89. The van der Waals surface area contributed by atoms with Crippen molar-refractivity contribution in [3.05, 3.63) is 120 Å². The quantitative estimate of drug-likeness (QED) is 0.0853. The second kappa shape index (κ2) is 20.7. The Labute approximate surface area is 324 Å². The Hall–Kier alpha value is -3.82. The van der Waals surface area contributed by atoms with Gasteiger partial charge >= 0.3 is 1.43 Å². The molecule has 0 fully saturated rings. The van der Waals surface area contributed by atoms with Crippen LogP contribution in [0.15, 0.2) is 119 Å². The highest BCUT2D eigenvalue weighted by Crippen LogP contribution is 2.22. The lowest BCUT2D eigenvalue weighted by atomic mass is 9.96. The van der Waals surface area contributed by atoms with Gasteiger partial charge in [-0.3, -0.25) is 0 Å². The Balaban J connectivity index is 0.000000373. The predicted octanol–water partition coefficient (Wildman–Crippen LogP) is 5.11. The molecule has 0 aliphatic carbocycles. The molecule has 0 saturated heterocycles. The van der Waals surface area contributed by atoms with Crippen molar-refractivity contribution < 1.29 is 28.5 Å². The molecule has 0 spiro atoms. The Kier molecular flexibility index (Phi) is 17.1. The predicted molar refractivity (Wildman–Crippen MR) is 219 cm³/mol. The fourth-order valence-corrected chi connectivity index (χ4v) is 9.05. The molecule has 0 aromatic heterocycles. The van der Waals surface area contributed by atoms with E-state index in [-0.39, 0.29) is 42.1 Å². The fraction of sp³-hybridized carbons (Fsp3) is 0.415. The van der Waals surface area contributed by atoms with Crippen LogP contribution in [-0.2, 0) is 32.9 Å². The summed E-state index contributed by atoms with van der Waals surface area (Å²) in [6, 6.07) is 31.2. The average molecular weight is 783 g/mol. The summed E-state index contributed by atoms with van der Waals surface area (Å²) in [4.78, 5) is 0.349. The van der Waals surface area contributed by atoms with Crippen molar-refractivity contribution in [3.8, 4) is 0 Å². The van der Waals surface area contributed by atoms with Crippen LogP contribution in [0.5, 0.6) is 0 Å². The van der Waals surface area contributed by atoms with Gasteiger partial charge in [0, 0.05) is 43.6 Å². The van der Waals surface area contributed by atoms with Gasteiger partial charge in [-0.05, 0) is 90.3 Å². The summed E-state index contributed by atoms with van der Waals surface area (Å²) in [7, 11) is -7.45.